The van der Waals surface area contributed by atoms with Crippen LogP contribution in [0.4, 0.5) is 4.39 Å². The number of ether oxygens (including phenoxy) is 1. The number of ketones is 1. The first-order chi connectivity index (χ1) is 8.99. The second-order valence-corrected chi connectivity index (χ2v) is 4.39. The molecule has 0 fully saturated rings. The Labute approximate surface area is 112 Å². The van der Waals surface area contributed by atoms with Gasteiger partial charge in [-0.05, 0) is 32.2 Å². The van der Waals surface area contributed by atoms with Crippen molar-refractivity contribution in [3.8, 4) is 11.8 Å². The molecule has 0 saturated carbocycles. The van der Waals surface area contributed by atoms with Crippen LogP contribution in [0.3, 0.4) is 0 Å². The third-order valence-electron chi connectivity index (χ3n) is 2.99. The van der Waals surface area contributed by atoms with E-state index in [4.69, 9.17) is 10.00 Å². The van der Waals surface area contributed by atoms with E-state index in [1.165, 1.54) is 25.3 Å². The molecule has 0 amide bonds. The van der Waals surface area contributed by atoms with E-state index in [1.54, 1.807) is 11.9 Å². The van der Waals surface area contributed by atoms with Crippen LogP contribution in [0.15, 0.2) is 18.2 Å². The van der Waals surface area contributed by atoms with Gasteiger partial charge in [-0.25, -0.2) is 4.39 Å². The monoisotopic (exact) mass is 264 g/mol. The number of nitrogens with zero attached hydrogens (tertiary/aromatic N) is 2. The molecule has 4 nitrogen and oxygen atoms in total. The van der Waals surface area contributed by atoms with Crippen molar-refractivity contribution in [3.63, 3.8) is 0 Å². The van der Waals surface area contributed by atoms with Crippen molar-refractivity contribution in [3.05, 3.63) is 29.6 Å². The molecular weight excluding hydrogens is 247 g/mol. The zero-order chi connectivity index (χ0) is 14.4. The lowest BCUT2D eigenvalue weighted by atomic mass is 10.1. The van der Waals surface area contributed by atoms with Gasteiger partial charge in [-0.1, -0.05) is 0 Å². The third kappa shape index (κ3) is 4.04. The zero-order valence-corrected chi connectivity index (χ0v) is 11.3. The molecule has 0 saturated heterocycles. The molecule has 0 N–H and O–H groups in total. The average Bonchev–Trinajstić information content (AvgIpc) is 2.38. The van der Waals surface area contributed by atoms with E-state index in [-0.39, 0.29) is 23.9 Å². The minimum Gasteiger partial charge on any atom is -0.496 e. The Morgan fingerprint density at radius 2 is 2.26 bits per heavy atom. The fourth-order valence-electron chi connectivity index (χ4n) is 1.65. The maximum absolute atomic E-state index is 13.2. The lowest BCUT2D eigenvalue weighted by Gasteiger charge is -2.22. The summed E-state index contributed by atoms with van der Waals surface area (Å²) in [6.07, 6.45) is 0.337. The largest absolute Gasteiger partial charge is 0.496 e. The number of hydrogen-bond acceptors (Lipinski definition) is 4. The highest BCUT2D eigenvalue weighted by Crippen LogP contribution is 2.20. The van der Waals surface area contributed by atoms with Crippen LogP contribution in [0, 0.1) is 17.1 Å². The first-order valence-electron chi connectivity index (χ1n) is 5.93. The topological polar surface area (TPSA) is 53.3 Å². The van der Waals surface area contributed by atoms with Crippen molar-refractivity contribution in [2.75, 3.05) is 20.7 Å². The molecule has 0 aliphatic heterocycles. The van der Waals surface area contributed by atoms with E-state index in [0.717, 1.165) is 0 Å². The van der Waals surface area contributed by atoms with Gasteiger partial charge in [0.1, 0.15) is 11.6 Å². The molecule has 19 heavy (non-hydrogen) atoms. The van der Waals surface area contributed by atoms with Crippen LogP contribution in [0.1, 0.15) is 23.7 Å². The van der Waals surface area contributed by atoms with Crippen LogP contribution in [0.2, 0.25) is 0 Å². The van der Waals surface area contributed by atoms with E-state index >= 15 is 0 Å². The molecule has 1 unspecified atom stereocenters. The van der Waals surface area contributed by atoms with E-state index in [2.05, 4.69) is 6.07 Å². The number of hydrogen-bond donors (Lipinski definition) is 0. The summed E-state index contributed by atoms with van der Waals surface area (Å²) >= 11 is 0. The zero-order valence-electron chi connectivity index (χ0n) is 11.3. The molecule has 1 rings (SSSR count). The van der Waals surface area contributed by atoms with Gasteiger partial charge in [0, 0.05) is 6.04 Å². The average molecular weight is 264 g/mol. The Balaban J connectivity index is 2.84. The molecule has 0 radical (unpaired) electrons. The first kappa shape index (κ1) is 15.1. The predicted octanol–water partition coefficient (Wildman–Crippen LogP) is 2.25. The van der Waals surface area contributed by atoms with E-state index in [9.17, 15) is 9.18 Å². The summed E-state index contributed by atoms with van der Waals surface area (Å²) in [6, 6.07) is 5.87. The summed E-state index contributed by atoms with van der Waals surface area (Å²) in [5.41, 5.74) is 0.221. The smallest absolute Gasteiger partial charge is 0.180 e. The number of rotatable bonds is 6. The van der Waals surface area contributed by atoms with Gasteiger partial charge in [0.05, 0.1) is 31.7 Å². The summed E-state index contributed by atoms with van der Waals surface area (Å²) in [6.45, 7) is 1.97. The first-order valence-corrected chi connectivity index (χ1v) is 5.93. The summed E-state index contributed by atoms with van der Waals surface area (Å²) in [7, 11) is 3.19. The number of halogens is 1. The number of carbonyl (C=O) groups excluding carboxylic acids is 1. The van der Waals surface area contributed by atoms with Gasteiger partial charge in [-0.3, -0.25) is 9.69 Å². The van der Waals surface area contributed by atoms with Crippen molar-refractivity contribution in [1.82, 2.24) is 4.90 Å². The maximum atomic E-state index is 13.2. The fourth-order valence-corrected chi connectivity index (χ4v) is 1.65. The number of Topliss-reactive ketones (excluding diaryl/α,β-unsaturated/α-hetero) is 1. The fraction of sp³-hybridized carbons (Fsp3) is 0.429. The minimum atomic E-state index is -0.475. The highest BCUT2D eigenvalue weighted by molar-refractivity contribution is 6.00. The molecular formula is C14H17FN2O2. The van der Waals surface area contributed by atoms with Gasteiger partial charge in [-0.15, -0.1) is 0 Å². The lowest BCUT2D eigenvalue weighted by molar-refractivity contribution is 0.0922. The quantitative estimate of drug-likeness (QED) is 0.739. The predicted molar refractivity (Wildman–Crippen MR) is 69.6 cm³/mol. The molecule has 0 aliphatic rings. The van der Waals surface area contributed by atoms with Crippen LogP contribution in [-0.4, -0.2) is 37.4 Å². The molecule has 102 valence electrons. The van der Waals surface area contributed by atoms with Crippen molar-refractivity contribution in [2.24, 2.45) is 0 Å². The van der Waals surface area contributed by atoms with Gasteiger partial charge in [0.15, 0.2) is 5.78 Å². The lowest BCUT2D eigenvalue weighted by Crippen LogP contribution is -2.33. The second kappa shape index (κ2) is 6.86. The van der Waals surface area contributed by atoms with Gasteiger partial charge in [-0.2, -0.15) is 5.26 Å². The Morgan fingerprint density at radius 3 is 2.84 bits per heavy atom. The van der Waals surface area contributed by atoms with Crippen LogP contribution < -0.4 is 4.74 Å². The van der Waals surface area contributed by atoms with E-state index < -0.39 is 5.82 Å². The highest BCUT2D eigenvalue weighted by atomic mass is 19.1. The minimum absolute atomic E-state index is 0.0338. The Kier molecular flexibility index (Phi) is 5.46. The van der Waals surface area contributed by atoms with Crippen molar-refractivity contribution >= 4 is 5.78 Å². The molecule has 1 aromatic rings. The van der Waals surface area contributed by atoms with Crippen molar-refractivity contribution in [1.29, 1.82) is 5.26 Å². The molecule has 0 aliphatic carbocycles. The maximum Gasteiger partial charge on any atom is 0.180 e. The standard InChI is InChI=1S/C14H17FN2O2/c1-10(6-7-16)17(2)9-13(18)12-8-11(15)4-5-14(12)19-3/h4-5,8,10H,6,9H2,1-3H3. The molecule has 0 heterocycles. The van der Waals surface area contributed by atoms with Gasteiger partial charge in [0.2, 0.25) is 0 Å². The van der Waals surface area contributed by atoms with E-state index in [1.807, 2.05) is 6.92 Å². The molecule has 1 aromatic carbocycles. The van der Waals surface area contributed by atoms with Crippen molar-refractivity contribution in [2.45, 2.75) is 19.4 Å². The van der Waals surface area contributed by atoms with E-state index in [0.29, 0.717) is 12.2 Å². The molecule has 5 heteroatoms. The van der Waals surface area contributed by atoms with Crippen molar-refractivity contribution < 1.29 is 13.9 Å². The number of nitriles is 1. The Morgan fingerprint density at radius 1 is 1.58 bits per heavy atom. The number of likely N-dealkylation sites (N-methyl/N-ethyl adjacent to an activating group) is 1. The van der Waals surface area contributed by atoms with Crippen LogP contribution in [-0.2, 0) is 0 Å². The Hall–Kier alpha value is -1.93. The number of carbonyl (C=O) groups is 1. The molecule has 0 aromatic heterocycles. The normalized spacial score (nSPS) is 12.0. The molecule has 0 bridgehead atoms. The van der Waals surface area contributed by atoms with Gasteiger partial charge < -0.3 is 4.74 Å². The molecule has 0 spiro atoms. The number of methoxy groups -OCH3 is 1. The number of benzene rings is 1. The SMILES string of the molecule is COc1ccc(F)cc1C(=O)CN(C)C(C)CC#N. The van der Waals surface area contributed by atoms with Gasteiger partial charge in [0.25, 0.3) is 0 Å². The highest BCUT2D eigenvalue weighted by Gasteiger charge is 2.18. The Bertz CT molecular complexity index is 497. The van der Waals surface area contributed by atoms with Crippen LogP contribution in [0.5, 0.6) is 5.75 Å². The summed E-state index contributed by atoms with van der Waals surface area (Å²) in [4.78, 5) is 13.9. The summed E-state index contributed by atoms with van der Waals surface area (Å²) in [5.74, 6) is -0.353. The summed E-state index contributed by atoms with van der Waals surface area (Å²) < 4.78 is 18.2. The molecule has 1 atom stereocenters. The summed E-state index contributed by atoms with van der Waals surface area (Å²) in [5, 5.41) is 8.62. The third-order valence-corrected chi connectivity index (χ3v) is 2.99. The van der Waals surface area contributed by atoms with Crippen LogP contribution >= 0.6 is 0 Å². The van der Waals surface area contributed by atoms with Gasteiger partial charge >= 0.3 is 0 Å². The second-order valence-electron chi connectivity index (χ2n) is 4.39. The van der Waals surface area contributed by atoms with Crippen LogP contribution in [0.25, 0.3) is 0 Å².